The van der Waals surface area contributed by atoms with Crippen molar-refractivity contribution in [2.45, 2.75) is 13.8 Å². The number of nitrogens with zero attached hydrogens (tertiary/aromatic N) is 1. The summed E-state index contributed by atoms with van der Waals surface area (Å²) in [7, 11) is 0. The van der Waals surface area contributed by atoms with E-state index in [1.54, 1.807) is 19.1 Å². The molecule has 0 aromatic heterocycles. The normalized spacial score (nSPS) is 11.1. The average Bonchev–Trinajstić information content (AvgIpc) is 2.52. The summed E-state index contributed by atoms with van der Waals surface area (Å²) >= 11 is 0. The SMILES string of the molecule is C/C(=N\NC(=O)CNc1ccc(C)cc1)c1ccc(F)cc1. The van der Waals surface area contributed by atoms with Crippen molar-refractivity contribution in [3.05, 3.63) is 65.5 Å². The molecule has 4 nitrogen and oxygen atoms in total. The van der Waals surface area contributed by atoms with Gasteiger partial charge < -0.3 is 5.32 Å². The van der Waals surface area contributed by atoms with E-state index in [-0.39, 0.29) is 18.3 Å². The van der Waals surface area contributed by atoms with E-state index >= 15 is 0 Å². The van der Waals surface area contributed by atoms with E-state index in [2.05, 4.69) is 15.8 Å². The topological polar surface area (TPSA) is 53.5 Å². The minimum absolute atomic E-state index is 0.128. The molecule has 2 N–H and O–H groups in total. The summed E-state index contributed by atoms with van der Waals surface area (Å²) in [5, 5.41) is 7.02. The molecule has 0 aliphatic heterocycles. The number of halogens is 1. The molecular formula is C17H18FN3O. The highest BCUT2D eigenvalue weighted by Gasteiger charge is 2.02. The largest absolute Gasteiger partial charge is 0.376 e. The number of amides is 1. The summed E-state index contributed by atoms with van der Waals surface area (Å²) in [6, 6.07) is 13.7. The van der Waals surface area contributed by atoms with Crippen molar-refractivity contribution in [2.24, 2.45) is 5.10 Å². The summed E-state index contributed by atoms with van der Waals surface area (Å²) < 4.78 is 12.8. The van der Waals surface area contributed by atoms with Gasteiger partial charge in [0.25, 0.3) is 5.91 Å². The predicted molar refractivity (Wildman–Crippen MR) is 86.4 cm³/mol. The van der Waals surface area contributed by atoms with Crippen LogP contribution >= 0.6 is 0 Å². The fourth-order valence-electron chi connectivity index (χ4n) is 1.80. The van der Waals surface area contributed by atoms with Crippen LogP contribution in [-0.4, -0.2) is 18.2 Å². The molecule has 0 aliphatic rings. The Balaban J connectivity index is 1.85. The van der Waals surface area contributed by atoms with Gasteiger partial charge in [-0.25, -0.2) is 9.82 Å². The van der Waals surface area contributed by atoms with Gasteiger partial charge in [0.05, 0.1) is 12.3 Å². The first-order valence-electron chi connectivity index (χ1n) is 6.94. The molecule has 0 aliphatic carbocycles. The van der Waals surface area contributed by atoms with Crippen molar-refractivity contribution in [1.29, 1.82) is 0 Å². The number of hydrazone groups is 1. The van der Waals surface area contributed by atoms with Gasteiger partial charge in [0.2, 0.25) is 0 Å². The number of hydrogen-bond donors (Lipinski definition) is 2. The van der Waals surface area contributed by atoms with Crippen LogP contribution in [0.1, 0.15) is 18.1 Å². The molecule has 2 aromatic rings. The van der Waals surface area contributed by atoms with Gasteiger partial charge in [-0.05, 0) is 43.7 Å². The fourth-order valence-corrected chi connectivity index (χ4v) is 1.80. The molecule has 0 atom stereocenters. The highest BCUT2D eigenvalue weighted by molar-refractivity contribution is 5.99. The number of hydrogen-bond acceptors (Lipinski definition) is 3. The van der Waals surface area contributed by atoms with Crippen LogP contribution in [0.3, 0.4) is 0 Å². The summed E-state index contributed by atoms with van der Waals surface area (Å²) in [6.45, 7) is 3.88. The summed E-state index contributed by atoms with van der Waals surface area (Å²) in [6.07, 6.45) is 0. The molecule has 114 valence electrons. The third-order valence-corrected chi connectivity index (χ3v) is 3.11. The molecule has 0 fully saturated rings. The smallest absolute Gasteiger partial charge is 0.259 e. The van der Waals surface area contributed by atoms with E-state index < -0.39 is 0 Å². The zero-order chi connectivity index (χ0) is 15.9. The minimum Gasteiger partial charge on any atom is -0.376 e. The van der Waals surface area contributed by atoms with Crippen molar-refractivity contribution >= 4 is 17.3 Å². The van der Waals surface area contributed by atoms with Crippen LogP contribution in [0.4, 0.5) is 10.1 Å². The van der Waals surface area contributed by atoms with E-state index in [9.17, 15) is 9.18 Å². The van der Waals surface area contributed by atoms with Gasteiger partial charge in [-0.3, -0.25) is 4.79 Å². The first-order valence-corrected chi connectivity index (χ1v) is 6.94. The Bertz CT molecular complexity index is 663. The molecule has 5 heteroatoms. The lowest BCUT2D eigenvalue weighted by Crippen LogP contribution is -2.26. The maximum absolute atomic E-state index is 12.8. The second kappa shape index (κ2) is 7.36. The quantitative estimate of drug-likeness (QED) is 0.658. The maximum Gasteiger partial charge on any atom is 0.259 e. The van der Waals surface area contributed by atoms with Crippen LogP contribution < -0.4 is 10.7 Å². The van der Waals surface area contributed by atoms with Gasteiger partial charge in [0, 0.05) is 5.69 Å². The zero-order valence-corrected chi connectivity index (χ0v) is 12.6. The monoisotopic (exact) mass is 299 g/mol. The Morgan fingerprint density at radius 1 is 1.09 bits per heavy atom. The summed E-state index contributed by atoms with van der Waals surface area (Å²) in [5.41, 5.74) is 5.88. The lowest BCUT2D eigenvalue weighted by molar-refractivity contribution is -0.119. The van der Waals surface area contributed by atoms with Gasteiger partial charge >= 0.3 is 0 Å². The van der Waals surface area contributed by atoms with Crippen molar-refractivity contribution in [3.63, 3.8) is 0 Å². The van der Waals surface area contributed by atoms with E-state index in [0.717, 1.165) is 16.8 Å². The number of nitrogens with one attached hydrogen (secondary N) is 2. The van der Waals surface area contributed by atoms with E-state index in [1.807, 2.05) is 31.2 Å². The van der Waals surface area contributed by atoms with Gasteiger partial charge in [-0.15, -0.1) is 0 Å². The Morgan fingerprint density at radius 3 is 2.36 bits per heavy atom. The van der Waals surface area contributed by atoms with Gasteiger partial charge in [-0.1, -0.05) is 29.8 Å². The molecule has 22 heavy (non-hydrogen) atoms. The molecule has 0 heterocycles. The molecule has 0 saturated carbocycles. The summed E-state index contributed by atoms with van der Waals surface area (Å²) in [5.74, 6) is -0.551. The van der Waals surface area contributed by atoms with Crippen LogP contribution in [-0.2, 0) is 4.79 Å². The maximum atomic E-state index is 12.8. The molecule has 1 amide bonds. The molecule has 0 radical (unpaired) electrons. The second-order valence-electron chi connectivity index (χ2n) is 4.96. The van der Waals surface area contributed by atoms with Crippen molar-refractivity contribution < 1.29 is 9.18 Å². The van der Waals surface area contributed by atoms with Crippen LogP contribution in [0, 0.1) is 12.7 Å². The Kier molecular flexibility index (Phi) is 5.25. The van der Waals surface area contributed by atoms with Crippen LogP contribution in [0.15, 0.2) is 53.6 Å². The van der Waals surface area contributed by atoms with Crippen molar-refractivity contribution in [1.82, 2.24) is 5.43 Å². The first-order chi connectivity index (χ1) is 10.5. The molecule has 0 bridgehead atoms. The molecule has 2 rings (SSSR count). The molecule has 2 aromatic carbocycles. The number of carbonyl (C=O) groups excluding carboxylic acids is 1. The van der Waals surface area contributed by atoms with Gasteiger partial charge in [0.1, 0.15) is 5.82 Å². The first kappa shape index (κ1) is 15.7. The number of rotatable bonds is 5. The highest BCUT2D eigenvalue weighted by Crippen LogP contribution is 2.07. The number of carbonyl (C=O) groups is 1. The lowest BCUT2D eigenvalue weighted by atomic mass is 10.1. The van der Waals surface area contributed by atoms with Gasteiger partial charge in [0.15, 0.2) is 0 Å². The van der Waals surface area contributed by atoms with Crippen LogP contribution in [0.5, 0.6) is 0 Å². The molecule has 0 spiro atoms. The van der Waals surface area contributed by atoms with E-state index in [0.29, 0.717) is 5.71 Å². The average molecular weight is 299 g/mol. The van der Waals surface area contributed by atoms with Crippen molar-refractivity contribution in [3.8, 4) is 0 Å². The highest BCUT2D eigenvalue weighted by atomic mass is 19.1. The third-order valence-electron chi connectivity index (χ3n) is 3.11. The van der Waals surface area contributed by atoms with E-state index in [1.165, 1.54) is 12.1 Å². The predicted octanol–water partition coefficient (Wildman–Crippen LogP) is 3.09. The molecule has 0 unspecified atom stereocenters. The fraction of sp³-hybridized carbons (Fsp3) is 0.176. The van der Waals surface area contributed by atoms with Gasteiger partial charge in [-0.2, -0.15) is 5.10 Å². The second-order valence-corrected chi connectivity index (χ2v) is 4.96. The summed E-state index contributed by atoms with van der Waals surface area (Å²) in [4.78, 5) is 11.7. The van der Waals surface area contributed by atoms with Crippen LogP contribution in [0.25, 0.3) is 0 Å². The van der Waals surface area contributed by atoms with Crippen LogP contribution in [0.2, 0.25) is 0 Å². The number of benzene rings is 2. The zero-order valence-electron chi connectivity index (χ0n) is 12.6. The number of anilines is 1. The molecular weight excluding hydrogens is 281 g/mol. The Hall–Kier alpha value is -2.69. The lowest BCUT2D eigenvalue weighted by Gasteiger charge is -2.06. The third kappa shape index (κ3) is 4.70. The van der Waals surface area contributed by atoms with Crippen molar-refractivity contribution in [2.75, 3.05) is 11.9 Å². The Labute approximate surface area is 129 Å². The minimum atomic E-state index is -0.303. The number of aryl methyl sites for hydroxylation is 1. The standard InChI is InChI=1S/C17H18FN3O/c1-12-3-9-16(10-4-12)19-11-17(22)21-20-13(2)14-5-7-15(18)8-6-14/h3-10,19H,11H2,1-2H3,(H,21,22)/b20-13+. The Morgan fingerprint density at radius 2 is 1.73 bits per heavy atom. The van der Waals surface area contributed by atoms with E-state index in [4.69, 9.17) is 0 Å². The molecule has 0 saturated heterocycles.